The molecule has 29 heavy (non-hydrogen) atoms. The Kier molecular flexibility index (Phi) is 6.64. The van der Waals surface area contributed by atoms with Crippen molar-refractivity contribution in [2.75, 3.05) is 0 Å². The zero-order chi connectivity index (χ0) is 20.7. The molecule has 0 unspecified atom stereocenters. The van der Waals surface area contributed by atoms with Crippen molar-refractivity contribution >= 4 is 29.2 Å². The van der Waals surface area contributed by atoms with Crippen LogP contribution in [0, 0.1) is 0 Å². The van der Waals surface area contributed by atoms with Gasteiger partial charge < -0.3 is 8.85 Å². The number of hydrogen-bond acceptors (Lipinski definition) is 3. The Morgan fingerprint density at radius 2 is 1.31 bits per heavy atom. The highest BCUT2D eigenvalue weighted by Gasteiger charge is 2.41. The molecule has 0 atom stereocenters. The fourth-order valence-corrected chi connectivity index (χ4v) is 8.24. The van der Waals surface area contributed by atoms with Gasteiger partial charge in [-0.3, -0.25) is 0 Å². The van der Waals surface area contributed by atoms with E-state index in [1.807, 2.05) is 78.9 Å². The van der Waals surface area contributed by atoms with Crippen molar-refractivity contribution in [3.63, 3.8) is 0 Å². The second-order valence-electron chi connectivity index (χ2n) is 7.35. The lowest BCUT2D eigenvalue weighted by atomic mass is 10.0. The predicted molar refractivity (Wildman–Crippen MR) is 123 cm³/mol. The summed E-state index contributed by atoms with van der Waals surface area (Å²) in [5, 5.41) is 0.296. The van der Waals surface area contributed by atoms with Gasteiger partial charge in [0.2, 0.25) is 18.1 Å². The second kappa shape index (κ2) is 9.17. The summed E-state index contributed by atoms with van der Waals surface area (Å²) >= 11 is 0. The van der Waals surface area contributed by atoms with Gasteiger partial charge in [-0.15, -0.1) is 0 Å². The van der Waals surface area contributed by atoms with Crippen LogP contribution < -0.4 is 5.19 Å². The molecule has 0 N–H and O–H groups in total. The molecular formula is C24H26O3Si2. The van der Waals surface area contributed by atoms with Crippen LogP contribution in [0.4, 0.5) is 0 Å². The molecule has 0 amide bonds. The van der Waals surface area contributed by atoms with Crippen molar-refractivity contribution in [3.05, 3.63) is 115 Å². The first-order chi connectivity index (χ1) is 14.0. The average molecular weight is 419 g/mol. The number of hydrogen-bond donors (Lipinski definition) is 0. The Morgan fingerprint density at radius 3 is 1.76 bits per heavy atom. The van der Waals surface area contributed by atoms with Gasteiger partial charge in [-0.2, -0.15) is 0 Å². The van der Waals surface area contributed by atoms with E-state index in [4.69, 9.17) is 8.85 Å². The predicted octanol–water partition coefficient (Wildman–Crippen LogP) is 3.83. The number of benzene rings is 3. The molecule has 0 saturated carbocycles. The first kappa shape index (κ1) is 21.0. The maximum absolute atomic E-state index is 12.4. The van der Waals surface area contributed by atoms with Crippen molar-refractivity contribution < 1.29 is 13.6 Å². The zero-order valence-corrected chi connectivity index (χ0v) is 19.3. The molecule has 0 aromatic heterocycles. The van der Waals surface area contributed by atoms with Crippen molar-refractivity contribution in [1.82, 2.24) is 0 Å². The molecule has 0 heterocycles. The molecule has 0 aliphatic rings. The van der Waals surface area contributed by atoms with Gasteiger partial charge in [0.1, 0.15) is 0 Å². The number of rotatable bonds is 8. The van der Waals surface area contributed by atoms with Gasteiger partial charge in [0.25, 0.3) is 0 Å². The van der Waals surface area contributed by atoms with Crippen LogP contribution in [0.1, 0.15) is 11.1 Å². The van der Waals surface area contributed by atoms with E-state index < -0.39 is 29.3 Å². The normalized spacial score (nSPS) is 12.1. The van der Waals surface area contributed by atoms with E-state index >= 15 is 0 Å². The fraction of sp³-hybridized carbons (Fsp3) is 0.125. The zero-order valence-electron chi connectivity index (χ0n) is 16.9. The minimum Gasteiger partial charge on any atom is -0.453 e. The number of esters is 1. The third kappa shape index (κ3) is 4.82. The fourth-order valence-electron chi connectivity index (χ4n) is 3.31. The van der Waals surface area contributed by atoms with Crippen molar-refractivity contribution in [3.8, 4) is 0 Å². The number of ether oxygens (including phenoxy) is 1. The quantitative estimate of drug-likeness (QED) is 0.317. The van der Waals surface area contributed by atoms with Crippen LogP contribution in [0.5, 0.6) is 0 Å². The summed E-state index contributed by atoms with van der Waals surface area (Å²) in [6.45, 7) is 7.97. The molecule has 3 aromatic carbocycles. The van der Waals surface area contributed by atoms with Gasteiger partial charge in [0.15, 0.2) is 5.22 Å². The molecule has 5 heteroatoms. The highest BCUT2D eigenvalue weighted by atomic mass is 28.4. The Hall–Kier alpha value is -2.74. The first-order valence-corrected chi connectivity index (χ1v) is 13.8. The summed E-state index contributed by atoms with van der Waals surface area (Å²) in [6, 6.07) is 30.1. The smallest absolute Gasteiger partial charge is 0.331 e. The summed E-state index contributed by atoms with van der Waals surface area (Å²) in [5.41, 5.74) is 1.84. The average Bonchev–Trinajstić information content (AvgIpc) is 2.78. The van der Waals surface area contributed by atoms with E-state index in [0.29, 0.717) is 0 Å². The molecular weight excluding hydrogens is 392 g/mol. The number of carbonyl (C=O) groups excluding carboxylic acids is 1. The Bertz CT molecular complexity index is 902. The van der Waals surface area contributed by atoms with E-state index in [0.717, 1.165) is 11.1 Å². The van der Waals surface area contributed by atoms with Gasteiger partial charge in [0, 0.05) is 6.08 Å². The summed E-state index contributed by atoms with van der Waals surface area (Å²) in [4.78, 5) is 12.4. The molecule has 3 nitrogen and oxygen atoms in total. The molecule has 0 fully saturated rings. The third-order valence-corrected chi connectivity index (χ3v) is 11.6. The maximum Gasteiger partial charge on any atom is 0.331 e. The lowest BCUT2D eigenvalue weighted by Gasteiger charge is -2.37. The van der Waals surface area contributed by atoms with Gasteiger partial charge in [-0.05, 0) is 29.4 Å². The number of carbonyl (C=O) groups is 1. The Balaban J connectivity index is 2.06. The topological polar surface area (TPSA) is 35.5 Å². The van der Waals surface area contributed by atoms with Crippen LogP contribution in [0.15, 0.2) is 104 Å². The van der Waals surface area contributed by atoms with Crippen LogP contribution in [0.3, 0.4) is 0 Å². The second-order valence-corrected chi connectivity index (χ2v) is 13.4. The first-order valence-electron chi connectivity index (χ1n) is 9.64. The molecule has 0 aliphatic heterocycles. The van der Waals surface area contributed by atoms with Gasteiger partial charge in [-0.1, -0.05) is 97.6 Å². The molecule has 0 radical (unpaired) electrons. The summed E-state index contributed by atoms with van der Waals surface area (Å²) < 4.78 is 12.8. The molecule has 3 rings (SSSR count). The SMILES string of the molecule is C=CC(=O)OC([SiH2]O[Si](C)(C)c1ccccc1)(c1ccccc1)c1ccccc1. The molecule has 148 valence electrons. The van der Waals surface area contributed by atoms with Crippen LogP contribution in [0.2, 0.25) is 13.1 Å². The minimum atomic E-state index is -2.17. The lowest BCUT2D eigenvalue weighted by molar-refractivity contribution is -0.144. The molecule has 3 aromatic rings. The van der Waals surface area contributed by atoms with Gasteiger partial charge in [0.05, 0.1) is 0 Å². The standard InChI is InChI=1S/C24H26O3Si2/c1-4-23(25)26-24(20-14-8-5-9-15-20,21-16-10-6-11-17-21)28-27-29(2,3)22-18-12-7-13-19-22/h4-19H,1,28H2,2-3H3. The van der Waals surface area contributed by atoms with Crippen LogP contribution in [-0.2, 0) is 18.9 Å². The van der Waals surface area contributed by atoms with Crippen LogP contribution >= 0.6 is 0 Å². The third-order valence-electron chi connectivity index (χ3n) is 5.03. The van der Waals surface area contributed by atoms with Crippen LogP contribution in [0.25, 0.3) is 0 Å². The van der Waals surface area contributed by atoms with Crippen LogP contribution in [-0.4, -0.2) is 24.0 Å². The van der Waals surface area contributed by atoms with Crippen molar-refractivity contribution in [2.24, 2.45) is 0 Å². The minimum absolute atomic E-state index is 0.451. The summed E-state index contributed by atoms with van der Waals surface area (Å²) in [5.74, 6) is -0.451. The van der Waals surface area contributed by atoms with E-state index in [-0.39, 0.29) is 0 Å². The van der Waals surface area contributed by atoms with Gasteiger partial charge >= 0.3 is 5.97 Å². The van der Waals surface area contributed by atoms with Crippen molar-refractivity contribution in [1.29, 1.82) is 0 Å². The molecule has 0 aliphatic carbocycles. The Labute approximate surface area is 176 Å². The lowest BCUT2D eigenvalue weighted by Crippen LogP contribution is -2.51. The van der Waals surface area contributed by atoms with E-state index in [2.05, 4.69) is 31.8 Å². The van der Waals surface area contributed by atoms with E-state index in [1.54, 1.807) is 0 Å². The molecule has 0 saturated heterocycles. The van der Waals surface area contributed by atoms with E-state index in [1.165, 1.54) is 11.3 Å². The Morgan fingerprint density at radius 1 is 0.862 bits per heavy atom. The van der Waals surface area contributed by atoms with Crippen molar-refractivity contribution in [2.45, 2.75) is 18.3 Å². The maximum atomic E-state index is 12.4. The molecule has 0 spiro atoms. The monoisotopic (exact) mass is 418 g/mol. The molecule has 0 bridgehead atoms. The van der Waals surface area contributed by atoms with E-state index in [9.17, 15) is 4.79 Å². The summed E-state index contributed by atoms with van der Waals surface area (Å²) in [7, 11) is -3.58. The summed E-state index contributed by atoms with van der Waals surface area (Å²) in [6.07, 6.45) is 1.22. The largest absolute Gasteiger partial charge is 0.453 e. The highest BCUT2D eigenvalue weighted by Crippen LogP contribution is 2.34. The highest BCUT2D eigenvalue weighted by molar-refractivity contribution is 6.87. The van der Waals surface area contributed by atoms with Gasteiger partial charge in [-0.25, -0.2) is 4.79 Å².